The van der Waals surface area contributed by atoms with E-state index in [0.717, 1.165) is 17.7 Å². The average Bonchev–Trinajstić information content (AvgIpc) is 2.55. The number of ether oxygens (including phenoxy) is 3. The minimum Gasteiger partial charge on any atom is -0.497 e. The fourth-order valence-electron chi connectivity index (χ4n) is 1.89. The average molecular weight is 288 g/mol. The van der Waals surface area contributed by atoms with Crippen molar-refractivity contribution in [3.63, 3.8) is 0 Å². The maximum atomic E-state index is 9.33. The summed E-state index contributed by atoms with van der Waals surface area (Å²) < 4.78 is 16.4. The molecule has 2 rings (SSSR count). The summed E-state index contributed by atoms with van der Waals surface area (Å²) in [4.78, 5) is 0. The van der Waals surface area contributed by atoms with Crippen LogP contribution in [-0.2, 0) is 6.61 Å². The lowest BCUT2D eigenvalue weighted by molar-refractivity contribution is 0.235. The molecular weight excluding hydrogens is 268 g/mol. The number of rotatable bonds is 8. The van der Waals surface area contributed by atoms with Crippen LogP contribution < -0.4 is 14.2 Å². The van der Waals surface area contributed by atoms with Crippen LogP contribution in [0.2, 0.25) is 0 Å². The first-order chi connectivity index (χ1) is 10.3. The SMILES string of the molecule is COc1ccc(OCCCOc2ccccc2)c(CO)c1. The van der Waals surface area contributed by atoms with E-state index >= 15 is 0 Å². The van der Waals surface area contributed by atoms with Crippen molar-refractivity contribution in [3.8, 4) is 17.2 Å². The number of aliphatic hydroxyl groups excluding tert-OH is 1. The van der Waals surface area contributed by atoms with Crippen LogP contribution in [0, 0.1) is 0 Å². The fourth-order valence-corrected chi connectivity index (χ4v) is 1.89. The van der Waals surface area contributed by atoms with Crippen LogP contribution in [0.5, 0.6) is 17.2 Å². The molecule has 0 saturated carbocycles. The van der Waals surface area contributed by atoms with Crippen molar-refractivity contribution in [1.29, 1.82) is 0 Å². The smallest absolute Gasteiger partial charge is 0.125 e. The highest BCUT2D eigenvalue weighted by atomic mass is 16.5. The van der Waals surface area contributed by atoms with Gasteiger partial charge in [-0.05, 0) is 30.3 Å². The monoisotopic (exact) mass is 288 g/mol. The summed E-state index contributed by atoms with van der Waals surface area (Å²) in [7, 11) is 1.60. The van der Waals surface area contributed by atoms with E-state index in [1.165, 1.54) is 0 Å². The number of para-hydroxylation sites is 1. The molecule has 0 radical (unpaired) electrons. The van der Waals surface area contributed by atoms with Gasteiger partial charge in [0.15, 0.2) is 0 Å². The first kappa shape index (κ1) is 15.2. The van der Waals surface area contributed by atoms with Crippen LogP contribution >= 0.6 is 0 Å². The van der Waals surface area contributed by atoms with Crippen molar-refractivity contribution in [2.75, 3.05) is 20.3 Å². The van der Waals surface area contributed by atoms with E-state index in [2.05, 4.69) is 0 Å². The second-order valence-corrected chi connectivity index (χ2v) is 4.50. The summed E-state index contributed by atoms with van der Waals surface area (Å²) >= 11 is 0. The fraction of sp³-hybridized carbons (Fsp3) is 0.294. The zero-order valence-electron chi connectivity index (χ0n) is 12.1. The van der Waals surface area contributed by atoms with Crippen LogP contribution in [0.15, 0.2) is 48.5 Å². The van der Waals surface area contributed by atoms with Crippen molar-refractivity contribution in [1.82, 2.24) is 0 Å². The summed E-state index contributed by atoms with van der Waals surface area (Å²) in [6, 6.07) is 15.1. The third-order valence-electron chi connectivity index (χ3n) is 3.00. The van der Waals surface area contributed by atoms with Gasteiger partial charge in [0.05, 0.1) is 26.9 Å². The predicted molar refractivity (Wildman–Crippen MR) is 81.0 cm³/mol. The Morgan fingerprint density at radius 1 is 0.905 bits per heavy atom. The first-order valence-corrected chi connectivity index (χ1v) is 6.92. The van der Waals surface area contributed by atoms with E-state index in [-0.39, 0.29) is 6.61 Å². The summed E-state index contributed by atoms with van der Waals surface area (Å²) in [5.74, 6) is 2.25. The van der Waals surface area contributed by atoms with Gasteiger partial charge in [0, 0.05) is 12.0 Å². The quantitative estimate of drug-likeness (QED) is 0.758. The Labute approximate surface area is 124 Å². The topological polar surface area (TPSA) is 47.9 Å². The minimum atomic E-state index is -0.0763. The molecule has 2 aromatic rings. The van der Waals surface area contributed by atoms with Crippen LogP contribution in [0.25, 0.3) is 0 Å². The summed E-state index contributed by atoms with van der Waals surface area (Å²) in [5.41, 5.74) is 0.721. The molecular formula is C17H20O4. The van der Waals surface area contributed by atoms with Crippen molar-refractivity contribution >= 4 is 0 Å². The molecule has 1 N–H and O–H groups in total. The van der Waals surface area contributed by atoms with Crippen LogP contribution in [0.1, 0.15) is 12.0 Å². The van der Waals surface area contributed by atoms with Gasteiger partial charge in [-0.2, -0.15) is 0 Å². The van der Waals surface area contributed by atoms with E-state index in [4.69, 9.17) is 14.2 Å². The highest BCUT2D eigenvalue weighted by Gasteiger charge is 2.04. The third-order valence-corrected chi connectivity index (χ3v) is 3.00. The highest BCUT2D eigenvalue weighted by Crippen LogP contribution is 2.24. The maximum Gasteiger partial charge on any atom is 0.125 e. The third kappa shape index (κ3) is 4.68. The van der Waals surface area contributed by atoms with Gasteiger partial charge in [-0.25, -0.2) is 0 Å². The van der Waals surface area contributed by atoms with Gasteiger partial charge in [0.1, 0.15) is 17.2 Å². The Morgan fingerprint density at radius 3 is 2.38 bits per heavy atom. The molecule has 4 heteroatoms. The largest absolute Gasteiger partial charge is 0.497 e. The molecule has 0 fully saturated rings. The summed E-state index contributed by atoms with van der Waals surface area (Å²) in [6.07, 6.45) is 0.770. The van der Waals surface area contributed by atoms with Gasteiger partial charge >= 0.3 is 0 Å². The molecule has 0 aliphatic carbocycles. The molecule has 0 aromatic heterocycles. The number of hydrogen-bond acceptors (Lipinski definition) is 4. The van der Waals surface area contributed by atoms with Crippen molar-refractivity contribution < 1.29 is 19.3 Å². The van der Waals surface area contributed by atoms with Gasteiger partial charge in [0.25, 0.3) is 0 Å². The molecule has 0 saturated heterocycles. The van der Waals surface area contributed by atoms with Crippen molar-refractivity contribution in [3.05, 3.63) is 54.1 Å². The highest BCUT2D eigenvalue weighted by molar-refractivity contribution is 5.39. The molecule has 0 amide bonds. The van der Waals surface area contributed by atoms with Gasteiger partial charge in [-0.15, -0.1) is 0 Å². The van der Waals surface area contributed by atoms with Gasteiger partial charge in [-0.1, -0.05) is 18.2 Å². The van der Waals surface area contributed by atoms with Gasteiger partial charge < -0.3 is 19.3 Å². The Balaban J connectivity index is 1.76. The van der Waals surface area contributed by atoms with Crippen molar-refractivity contribution in [2.24, 2.45) is 0 Å². The normalized spacial score (nSPS) is 10.2. The van der Waals surface area contributed by atoms with Crippen LogP contribution in [0.4, 0.5) is 0 Å². The van der Waals surface area contributed by atoms with E-state index in [1.54, 1.807) is 13.2 Å². The van der Waals surface area contributed by atoms with Crippen molar-refractivity contribution in [2.45, 2.75) is 13.0 Å². The van der Waals surface area contributed by atoms with E-state index in [0.29, 0.717) is 24.7 Å². The molecule has 0 aliphatic rings. The zero-order chi connectivity index (χ0) is 14.9. The predicted octanol–water partition coefficient (Wildman–Crippen LogP) is 3.04. The van der Waals surface area contributed by atoms with E-state index in [1.807, 2.05) is 42.5 Å². The number of benzene rings is 2. The zero-order valence-corrected chi connectivity index (χ0v) is 12.1. The molecule has 0 aliphatic heterocycles. The molecule has 2 aromatic carbocycles. The first-order valence-electron chi connectivity index (χ1n) is 6.92. The molecule has 4 nitrogen and oxygen atoms in total. The van der Waals surface area contributed by atoms with E-state index < -0.39 is 0 Å². The Morgan fingerprint density at radius 2 is 1.67 bits per heavy atom. The minimum absolute atomic E-state index is 0.0763. The van der Waals surface area contributed by atoms with Crippen LogP contribution in [0.3, 0.4) is 0 Å². The lowest BCUT2D eigenvalue weighted by Crippen LogP contribution is -2.06. The van der Waals surface area contributed by atoms with E-state index in [9.17, 15) is 5.11 Å². The Bertz CT molecular complexity index is 540. The standard InChI is InChI=1S/C17H20O4/c1-19-16-8-9-17(14(12-16)13-18)21-11-5-10-20-15-6-3-2-4-7-15/h2-4,6-9,12,18H,5,10-11,13H2,1H3. The molecule has 0 bridgehead atoms. The molecule has 112 valence electrons. The van der Waals surface area contributed by atoms with Crippen LogP contribution in [-0.4, -0.2) is 25.4 Å². The lowest BCUT2D eigenvalue weighted by Gasteiger charge is -2.12. The maximum absolute atomic E-state index is 9.33. The second kappa shape index (κ2) is 8.17. The summed E-state index contributed by atoms with van der Waals surface area (Å²) in [5, 5.41) is 9.33. The summed E-state index contributed by atoms with van der Waals surface area (Å²) in [6.45, 7) is 1.05. The molecule has 0 atom stereocenters. The number of aliphatic hydroxyl groups is 1. The molecule has 0 unspecified atom stereocenters. The van der Waals surface area contributed by atoms with Gasteiger partial charge in [0.2, 0.25) is 0 Å². The Kier molecular flexibility index (Phi) is 5.91. The number of hydrogen-bond donors (Lipinski definition) is 1. The second-order valence-electron chi connectivity index (χ2n) is 4.50. The van der Waals surface area contributed by atoms with Gasteiger partial charge in [-0.3, -0.25) is 0 Å². The molecule has 0 spiro atoms. The lowest BCUT2D eigenvalue weighted by atomic mass is 10.2. The Hall–Kier alpha value is -2.20. The number of methoxy groups -OCH3 is 1. The molecule has 21 heavy (non-hydrogen) atoms. The molecule has 0 heterocycles.